The second kappa shape index (κ2) is 7.05. The van der Waals surface area contributed by atoms with Gasteiger partial charge in [-0.3, -0.25) is 0 Å². The van der Waals surface area contributed by atoms with E-state index in [1.165, 1.54) is 12.8 Å². The Morgan fingerprint density at radius 2 is 1.33 bits per heavy atom. The zero-order valence-electron chi connectivity index (χ0n) is 16.5. The minimum Gasteiger partial charge on any atom is -0.0625 e. The summed E-state index contributed by atoms with van der Waals surface area (Å²) in [7, 11) is 0. The van der Waals surface area contributed by atoms with Crippen molar-refractivity contribution in [3.63, 3.8) is 0 Å². The highest BCUT2D eigenvalue weighted by Crippen LogP contribution is 2.52. The zero-order valence-corrected chi connectivity index (χ0v) is 16.5. The van der Waals surface area contributed by atoms with Gasteiger partial charge in [0, 0.05) is 0 Å². The van der Waals surface area contributed by atoms with E-state index in [1.54, 1.807) is 0 Å². The molecule has 21 heavy (non-hydrogen) atoms. The molecule has 0 amide bonds. The lowest BCUT2D eigenvalue weighted by Gasteiger charge is -2.39. The number of hydrogen-bond donors (Lipinski definition) is 0. The molecule has 1 saturated carbocycles. The molecule has 0 N–H and O–H groups in total. The molecular weight excluding hydrogens is 252 g/mol. The SMILES string of the molecule is CC(C)C(C)C(C)C(C)C(C)CC(C)(C)C(C)C1CC1C. The smallest absolute Gasteiger partial charge is 0.0323 e. The Morgan fingerprint density at radius 1 is 0.857 bits per heavy atom. The fraction of sp³-hybridized carbons (Fsp3) is 1.00. The Kier molecular flexibility index (Phi) is 6.40. The van der Waals surface area contributed by atoms with Crippen LogP contribution < -0.4 is 0 Å². The summed E-state index contributed by atoms with van der Waals surface area (Å²) < 4.78 is 0. The van der Waals surface area contributed by atoms with Gasteiger partial charge in [-0.05, 0) is 65.6 Å². The van der Waals surface area contributed by atoms with Crippen LogP contribution in [0.25, 0.3) is 0 Å². The molecule has 0 spiro atoms. The maximum Gasteiger partial charge on any atom is -0.0323 e. The van der Waals surface area contributed by atoms with Crippen molar-refractivity contribution in [2.45, 2.75) is 82.1 Å². The second-order valence-electron chi connectivity index (χ2n) is 9.66. The first-order chi connectivity index (χ1) is 9.49. The third-order valence-electron chi connectivity index (χ3n) is 7.50. The molecule has 0 aromatic carbocycles. The van der Waals surface area contributed by atoms with E-state index in [-0.39, 0.29) is 0 Å². The highest BCUT2D eigenvalue weighted by molar-refractivity contribution is 4.93. The second-order valence-corrected chi connectivity index (χ2v) is 9.66. The van der Waals surface area contributed by atoms with Crippen LogP contribution in [0.2, 0.25) is 0 Å². The number of hydrogen-bond acceptors (Lipinski definition) is 0. The maximum absolute atomic E-state index is 2.52. The van der Waals surface area contributed by atoms with E-state index < -0.39 is 0 Å². The van der Waals surface area contributed by atoms with Gasteiger partial charge in [-0.2, -0.15) is 0 Å². The topological polar surface area (TPSA) is 0 Å². The first-order valence-corrected chi connectivity index (χ1v) is 9.49. The van der Waals surface area contributed by atoms with Crippen LogP contribution in [0.3, 0.4) is 0 Å². The number of rotatable bonds is 8. The molecule has 0 aromatic heterocycles. The van der Waals surface area contributed by atoms with Crippen LogP contribution in [-0.2, 0) is 0 Å². The highest BCUT2D eigenvalue weighted by Gasteiger charge is 2.44. The molecular formula is C21H42. The lowest BCUT2D eigenvalue weighted by atomic mass is 9.66. The Labute approximate surface area is 135 Å². The van der Waals surface area contributed by atoms with Crippen LogP contribution in [0.4, 0.5) is 0 Å². The fourth-order valence-electron chi connectivity index (χ4n) is 4.43. The summed E-state index contributed by atoms with van der Waals surface area (Å²) in [4.78, 5) is 0. The molecule has 0 heterocycles. The van der Waals surface area contributed by atoms with E-state index in [0.717, 1.165) is 47.3 Å². The third kappa shape index (κ3) is 4.73. The first kappa shape index (κ1) is 19.0. The summed E-state index contributed by atoms with van der Waals surface area (Å²) in [5, 5.41) is 0. The van der Waals surface area contributed by atoms with Crippen LogP contribution in [0, 0.1) is 52.8 Å². The molecule has 0 bridgehead atoms. The molecule has 0 aliphatic heterocycles. The van der Waals surface area contributed by atoms with Gasteiger partial charge in [0.2, 0.25) is 0 Å². The molecule has 1 aliphatic rings. The van der Waals surface area contributed by atoms with E-state index in [4.69, 9.17) is 0 Å². The van der Waals surface area contributed by atoms with Crippen molar-refractivity contribution in [1.82, 2.24) is 0 Å². The normalized spacial score (nSPS) is 29.9. The Balaban J connectivity index is 2.60. The van der Waals surface area contributed by atoms with Crippen molar-refractivity contribution >= 4 is 0 Å². The lowest BCUT2D eigenvalue weighted by molar-refractivity contribution is 0.101. The Morgan fingerprint density at radius 3 is 1.71 bits per heavy atom. The van der Waals surface area contributed by atoms with Crippen molar-refractivity contribution < 1.29 is 0 Å². The average Bonchev–Trinajstić information content (AvgIpc) is 3.11. The molecule has 126 valence electrons. The summed E-state index contributed by atoms with van der Waals surface area (Å²) in [5.74, 6) is 6.95. The predicted octanol–water partition coefficient (Wildman–Crippen LogP) is 6.90. The van der Waals surface area contributed by atoms with Crippen molar-refractivity contribution in [2.75, 3.05) is 0 Å². The molecule has 0 radical (unpaired) electrons. The largest absolute Gasteiger partial charge is 0.0625 e. The molecule has 0 heteroatoms. The predicted molar refractivity (Wildman–Crippen MR) is 96.3 cm³/mol. The van der Waals surface area contributed by atoms with Gasteiger partial charge in [0.15, 0.2) is 0 Å². The van der Waals surface area contributed by atoms with Crippen molar-refractivity contribution in [3.05, 3.63) is 0 Å². The van der Waals surface area contributed by atoms with Gasteiger partial charge in [0.05, 0.1) is 0 Å². The summed E-state index contributed by atoms with van der Waals surface area (Å²) in [6.45, 7) is 24.6. The summed E-state index contributed by atoms with van der Waals surface area (Å²) in [6, 6.07) is 0. The van der Waals surface area contributed by atoms with E-state index in [1.807, 2.05) is 0 Å². The van der Waals surface area contributed by atoms with Crippen molar-refractivity contribution in [3.8, 4) is 0 Å². The van der Waals surface area contributed by atoms with Crippen LogP contribution >= 0.6 is 0 Å². The van der Waals surface area contributed by atoms with Gasteiger partial charge >= 0.3 is 0 Å². The van der Waals surface area contributed by atoms with Crippen molar-refractivity contribution in [1.29, 1.82) is 0 Å². The van der Waals surface area contributed by atoms with Gasteiger partial charge in [0.1, 0.15) is 0 Å². The van der Waals surface area contributed by atoms with Gasteiger partial charge < -0.3 is 0 Å². The van der Waals surface area contributed by atoms with Gasteiger partial charge in [-0.15, -0.1) is 0 Å². The lowest BCUT2D eigenvalue weighted by Crippen LogP contribution is -2.31. The molecule has 0 aromatic rings. The molecule has 1 rings (SSSR count). The average molecular weight is 295 g/mol. The summed E-state index contributed by atoms with van der Waals surface area (Å²) >= 11 is 0. The molecule has 1 fully saturated rings. The molecule has 7 atom stereocenters. The van der Waals surface area contributed by atoms with Crippen LogP contribution in [0.1, 0.15) is 82.1 Å². The third-order valence-corrected chi connectivity index (χ3v) is 7.50. The van der Waals surface area contributed by atoms with Gasteiger partial charge in [0.25, 0.3) is 0 Å². The Bertz CT molecular complexity index is 314. The molecule has 0 nitrogen and oxygen atoms in total. The van der Waals surface area contributed by atoms with Crippen LogP contribution in [0.5, 0.6) is 0 Å². The molecule has 7 unspecified atom stereocenters. The standard InChI is InChI=1S/C21H42/c1-13(2)16(5)18(7)17(6)15(4)12-21(9,10)19(8)20-11-14(20)3/h13-20H,11-12H2,1-10H3. The van der Waals surface area contributed by atoms with Gasteiger partial charge in [-0.25, -0.2) is 0 Å². The molecule has 1 aliphatic carbocycles. The zero-order chi connectivity index (χ0) is 16.5. The van der Waals surface area contributed by atoms with Gasteiger partial charge in [-0.1, -0.05) is 69.2 Å². The first-order valence-electron chi connectivity index (χ1n) is 9.49. The Hall–Kier alpha value is 0. The summed E-state index contributed by atoms with van der Waals surface area (Å²) in [6.07, 6.45) is 2.85. The monoisotopic (exact) mass is 294 g/mol. The highest BCUT2D eigenvalue weighted by atomic mass is 14.5. The molecule has 0 saturated heterocycles. The fourth-order valence-corrected chi connectivity index (χ4v) is 4.43. The van der Waals surface area contributed by atoms with E-state index in [2.05, 4.69) is 69.2 Å². The minimum atomic E-state index is 0.490. The maximum atomic E-state index is 2.52. The van der Waals surface area contributed by atoms with E-state index in [9.17, 15) is 0 Å². The quantitative estimate of drug-likeness (QED) is 0.457. The van der Waals surface area contributed by atoms with Crippen LogP contribution in [-0.4, -0.2) is 0 Å². The van der Waals surface area contributed by atoms with Crippen LogP contribution in [0.15, 0.2) is 0 Å². The minimum absolute atomic E-state index is 0.490. The van der Waals surface area contributed by atoms with Crippen molar-refractivity contribution in [2.24, 2.45) is 52.8 Å². The summed E-state index contributed by atoms with van der Waals surface area (Å²) in [5.41, 5.74) is 0.490. The van der Waals surface area contributed by atoms with E-state index in [0.29, 0.717) is 5.41 Å². The van der Waals surface area contributed by atoms with E-state index >= 15 is 0 Å².